The van der Waals surface area contributed by atoms with Gasteiger partial charge in [-0.2, -0.15) is 0 Å². The van der Waals surface area contributed by atoms with Crippen molar-refractivity contribution < 1.29 is 17.9 Å². The van der Waals surface area contributed by atoms with E-state index >= 15 is 0 Å². The Morgan fingerprint density at radius 1 is 1.38 bits per heavy atom. The van der Waals surface area contributed by atoms with E-state index in [0.29, 0.717) is 18.9 Å². The summed E-state index contributed by atoms with van der Waals surface area (Å²) in [6.07, 6.45) is 1.76. The van der Waals surface area contributed by atoms with Crippen LogP contribution in [0.25, 0.3) is 11.0 Å². The first-order valence-electron chi connectivity index (χ1n) is 7.60. The summed E-state index contributed by atoms with van der Waals surface area (Å²) in [7, 11) is -0.366. The molecule has 0 bridgehead atoms. The van der Waals surface area contributed by atoms with Crippen LogP contribution in [-0.2, 0) is 14.8 Å². The number of rotatable bonds is 5. The zero-order valence-electron chi connectivity index (χ0n) is 13.5. The van der Waals surface area contributed by atoms with Crippen molar-refractivity contribution in [3.05, 3.63) is 30.1 Å². The van der Waals surface area contributed by atoms with Crippen LogP contribution in [-0.4, -0.2) is 67.7 Å². The van der Waals surface area contributed by atoms with Crippen LogP contribution in [0.15, 0.2) is 24.4 Å². The van der Waals surface area contributed by atoms with Crippen LogP contribution in [0.5, 0.6) is 0 Å². The Labute approximate surface area is 140 Å². The summed E-state index contributed by atoms with van der Waals surface area (Å²) in [4.78, 5) is 19.6. The van der Waals surface area contributed by atoms with Crippen molar-refractivity contribution in [1.82, 2.24) is 19.6 Å². The summed E-state index contributed by atoms with van der Waals surface area (Å²) in [5.41, 5.74) is 0.920. The largest absolute Gasteiger partial charge is 0.379 e. The Bertz CT molecular complexity index is 846. The first-order valence-corrected chi connectivity index (χ1v) is 9.20. The van der Waals surface area contributed by atoms with Crippen molar-refractivity contribution in [2.24, 2.45) is 5.92 Å². The third-order valence-corrected chi connectivity index (χ3v) is 6.10. The van der Waals surface area contributed by atoms with E-state index in [9.17, 15) is 13.2 Å². The lowest BCUT2D eigenvalue weighted by atomic mass is 10.1. The van der Waals surface area contributed by atoms with Gasteiger partial charge in [0.15, 0.2) is 0 Å². The molecule has 1 saturated heterocycles. The average molecular weight is 352 g/mol. The number of aromatic nitrogens is 2. The molecule has 2 aromatic heterocycles. The van der Waals surface area contributed by atoms with Gasteiger partial charge in [0.25, 0.3) is 5.91 Å². The van der Waals surface area contributed by atoms with Crippen molar-refractivity contribution >= 4 is 27.0 Å². The van der Waals surface area contributed by atoms with E-state index in [-0.39, 0.29) is 29.3 Å². The first-order chi connectivity index (χ1) is 11.4. The topological polar surface area (TPSA) is 104 Å². The highest BCUT2D eigenvalue weighted by Gasteiger charge is 2.34. The van der Waals surface area contributed by atoms with Gasteiger partial charge in [0.05, 0.1) is 25.0 Å². The van der Waals surface area contributed by atoms with Crippen LogP contribution in [0.2, 0.25) is 0 Å². The monoisotopic (exact) mass is 352 g/mol. The molecular formula is C15H20N4O4S. The third-order valence-electron chi connectivity index (χ3n) is 4.14. The molecule has 130 valence electrons. The van der Waals surface area contributed by atoms with Gasteiger partial charge < -0.3 is 15.0 Å². The second-order valence-corrected chi connectivity index (χ2v) is 8.28. The van der Waals surface area contributed by atoms with Crippen LogP contribution >= 0.6 is 0 Å². The second-order valence-electron chi connectivity index (χ2n) is 6.05. The minimum atomic E-state index is -3.35. The number of aromatic amines is 1. The van der Waals surface area contributed by atoms with Crippen LogP contribution in [0.3, 0.4) is 0 Å². The van der Waals surface area contributed by atoms with Gasteiger partial charge in [0.2, 0.25) is 10.0 Å². The Kier molecular flexibility index (Phi) is 4.57. The molecule has 0 saturated carbocycles. The molecule has 1 fully saturated rings. The molecule has 9 heteroatoms. The molecule has 0 aromatic carbocycles. The molecule has 2 atom stereocenters. The minimum absolute atomic E-state index is 0.0615. The summed E-state index contributed by atoms with van der Waals surface area (Å²) in [6, 6.07) is 4.98. The zero-order chi connectivity index (χ0) is 17.3. The van der Waals surface area contributed by atoms with E-state index in [1.54, 1.807) is 12.3 Å². The molecular weight excluding hydrogens is 332 g/mol. The van der Waals surface area contributed by atoms with Gasteiger partial charge in [-0.3, -0.25) is 4.79 Å². The van der Waals surface area contributed by atoms with Gasteiger partial charge in [0.1, 0.15) is 11.3 Å². The smallest absolute Gasteiger partial charge is 0.270 e. The predicted molar refractivity (Wildman–Crippen MR) is 89.1 cm³/mol. The number of carbonyl (C=O) groups is 1. The molecule has 3 rings (SSSR count). The van der Waals surface area contributed by atoms with Crippen LogP contribution in [0.1, 0.15) is 10.5 Å². The average Bonchev–Trinajstić information content (AvgIpc) is 3.15. The SMILES string of the molecule is CN(C)S(=O)(=O)C[C@@H]1COC[C@H]1NC(=O)c1ccc2cc[nH]c2n1. The number of carbonyl (C=O) groups excluding carboxylic acids is 1. The molecule has 2 N–H and O–H groups in total. The lowest BCUT2D eigenvalue weighted by Crippen LogP contribution is -2.43. The van der Waals surface area contributed by atoms with Crippen molar-refractivity contribution in [2.75, 3.05) is 33.1 Å². The number of ether oxygens (including phenoxy) is 1. The summed E-state index contributed by atoms with van der Waals surface area (Å²) >= 11 is 0. The Balaban J connectivity index is 1.70. The normalized spacial score (nSPS) is 21.5. The van der Waals surface area contributed by atoms with E-state index in [4.69, 9.17) is 4.74 Å². The standard InChI is InChI=1S/C15H20N4O4S/c1-19(2)24(21,22)9-11-7-23-8-13(11)18-15(20)12-4-3-10-5-6-16-14(10)17-12/h3-6,11,13H,7-9H2,1-2H3,(H,16,17)(H,18,20)/t11-,13+/m0/s1. The summed E-state index contributed by atoms with van der Waals surface area (Å²) in [5.74, 6) is -0.682. The Morgan fingerprint density at radius 2 is 2.17 bits per heavy atom. The molecule has 1 aliphatic rings. The number of hydrogen-bond acceptors (Lipinski definition) is 5. The number of H-pyrrole nitrogens is 1. The maximum Gasteiger partial charge on any atom is 0.270 e. The van der Waals surface area contributed by atoms with Gasteiger partial charge in [-0.15, -0.1) is 0 Å². The van der Waals surface area contributed by atoms with E-state index in [2.05, 4.69) is 15.3 Å². The summed E-state index contributed by atoms with van der Waals surface area (Å²) in [6.45, 7) is 0.602. The van der Waals surface area contributed by atoms with E-state index in [1.807, 2.05) is 12.1 Å². The summed E-state index contributed by atoms with van der Waals surface area (Å²) < 4.78 is 30.6. The van der Waals surface area contributed by atoms with Crippen molar-refractivity contribution in [1.29, 1.82) is 0 Å². The van der Waals surface area contributed by atoms with Crippen LogP contribution < -0.4 is 5.32 Å². The highest BCUT2D eigenvalue weighted by molar-refractivity contribution is 7.89. The quantitative estimate of drug-likeness (QED) is 0.800. The zero-order valence-corrected chi connectivity index (χ0v) is 14.3. The Morgan fingerprint density at radius 3 is 2.92 bits per heavy atom. The molecule has 0 radical (unpaired) electrons. The van der Waals surface area contributed by atoms with E-state index in [1.165, 1.54) is 18.4 Å². The highest BCUT2D eigenvalue weighted by atomic mass is 32.2. The van der Waals surface area contributed by atoms with Gasteiger partial charge in [-0.05, 0) is 18.2 Å². The second kappa shape index (κ2) is 6.50. The number of nitrogens with one attached hydrogen (secondary N) is 2. The Hall–Kier alpha value is -1.97. The maximum absolute atomic E-state index is 12.4. The maximum atomic E-state index is 12.4. The molecule has 0 unspecified atom stereocenters. The molecule has 0 spiro atoms. The fraction of sp³-hybridized carbons (Fsp3) is 0.467. The molecule has 3 heterocycles. The van der Waals surface area contributed by atoms with Gasteiger partial charge >= 0.3 is 0 Å². The van der Waals surface area contributed by atoms with Gasteiger partial charge in [-0.25, -0.2) is 17.7 Å². The molecule has 24 heavy (non-hydrogen) atoms. The minimum Gasteiger partial charge on any atom is -0.379 e. The fourth-order valence-electron chi connectivity index (χ4n) is 2.64. The van der Waals surface area contributed by atoms with E-state index in [0.717, 1.165) is 5.39 Å². The number of pyridine rings is 1. The molecule has 1 amide bonds. The molecule has 0 aliphatic carbocycles. The number of hydrogen-bond donors (Lipinski definition) is 2. The number of nitrogens with zero attached hydrogens (tertiary/aromatic N) is 2. The van der Waals surface area contributed by atoms with Gasteiger partial charge in [0, 0.05) is 31.6 Å². The van der Waals surface area contributed by atoms with Crippen LogP contribution in [0, 0.1) is 5.92 Å². The molecule has 8 nitrogen and oxygen atoms in total. The number of sulfonamides is 1. The van der Waals surface area contributed by atoms with Crippen molar-refractivity contribution in [3.63, 3.8) is 0 Å². The summed E-state index contributed by atoms with van der Waals surface area (Å²) in [5, 5.41) is 3.76. The lowest BCUT2D eigenvalue weighted by molar-refractivity contribution is 0.0921. The number of amides is 1. The molecule has 1 aliphatic heterocycles. The van der Waals surface area contributed by atoms with Crippen molar-refractivity contribution in [3.8, 4) is 0 Å². The lowest BCUT2D eigenvalue weighted by Gasteiger charge is -2.20. The first kappa shape index (κ1) is 16.9. The predicted octanol–water partition coefficient (Wildman–Crippen LogP) is 0.199. The number of fused-ring (bicyclic) bond motifs is 1. The van der Waals surface area contributed by atoms with E-state index < -0.39 is 10.0 Å². The highest BCUT2D eigenvalue weighted by Crippen LogP contribution is 2.18. The van der Waals surface area contributed by atoms with Gasteiger partial charge in [-0.1, -0.05) is 0 Å². The third kappa shape index (κ3) is 3.42. The van der Waals surface area contributed by atoms with Crippen LogP contribution in [0.4, 0.5) is 0 Å². The molecule has 2 aromatic rings. The van der Waals surface area contributed by atoms with Crippen molar-refractivity contribution in [2.45, 2.75) is 6.04 Å². The fourth-order valence-corrected chi connectivity index (χ4v) is 3.81.